The van der Waals surface area contributed by atoms with Crippen molar-refractivity contribution in [2.24, 2.45) is 0 Å². The monoisotopic (exact) mass is 266 g/mol. The van der Waals surface area contributed by atoms with Gasteiger partial charge >= 0.3 is 0 Å². The Balaban J connectivity index is 2.59. The highest BCUT2D eigenvalue weighted by Gasteiger charge is 2.22. The van der Waals surface area contributed by atoms with Gasteiger partial charge in [0.05, 0.1) is 12.7 Å². The molecule has 0 saturated carbocycles. The van der Waals surface area contributed by atoms with E-state index in [0.29, 0.717) is 0 Å². The molecule has 2 rings (SSSR count). The van der Waals surface area contributed by atoms with E-state index in [9.17, 15) is 18.0 Å². The third-order valence-corrected chi connectivity index (χ3v) is 2.60. The normalized spacial score (nSPS) is 10.3. The lowest BCUT2D eigenvalue weighted by Gasteiger charge is -2.09. The minimum absolute atomic E-state index is 0.0336. The van der Waals surface area contributed by atoms with Gasteiger partial charge in [-0.1, -0.05) is 6.07 Å². The van der Waals surface area contributed by atoms with E-state index in [0.717, 1.165) is 24.3 Å². The zero-order valence-electron chi connectivity index (χ0n) is 9.91. The number of carbonyl (C=O) groups is 1. The molecule has 2 nitrogen and oxygen atoms in total. The molecule has 0 unspecified atom stereocenters. The van der Waals surface area contributed by atoms with E-state index in [-0.39, 0.29) is 5.75 Å². The number of hydrogen-bond donors (Lipinski definition) is 0. The molecule has 0 aliphatic rings. The van der Waals surface area contributed by atoms with Gasteiger partial charge in [0.25, 0.3) is 0 Å². The fourth-order valence-corrected chi connectivity index (χ4v) is 1.70. The summed E-state index contributed by atoms with van der Waals surface area (Å²) in [6.45, 7) is 0. The molecule has 0 amide bonds. The summed E-state index contributed by atoms with van der Waals surface area (Å²) in [4.78, 5) is 12.1. The summed E-state index contributed by atoms with van der Waals surface area (Å²) in [6, 6.07) is 6.19. The smallest absolute Gasteiger partial charge is 0.202 e. The van der Waals surface area contributed by atoms with Crippen LogP contribution in [-0.4, -0.2) is 12.9 Å². The van der Waals surface area contributed by atoms with Crippen LogP contribution in [0.3, 0.4) is 0 Å². The lowest BCUT2D eigenvalue weighted by atomic mass is 10.0. The van der Waals surface area contributed by atoms with Crippen LogP contribution in [0.1, 0.15) is 15.9 Å². The number of benzene rings is 2. The Morgan fingerprint density at radius 1 is 1.05 bits per heavy atom. The van der Waals surface area contributed by atoms with E-state index in [1.807, 2.05) is 0 Å². The van der Waals surface area contributed by atoms with Crippen molar-refractivity contribution in [2.75, 3.05) is 7.11 Å². The molecule has 0 aliphatic heterocycles. The largest absolute Gasteiger partial charge is 0.496 e. The molecule has 2 aromatic rings. The van der Waals surface area contributed by atoms with Gasteiger partial charge in [0.1, 0.15) is 28.8 Å². The van der Waals surface area contributed by atoms with Crippen LogP contribution >= 0.6 is 0 Å². The van der Waals surface area contributed by atoms with Crippen molar-refractivity contribution >= 4 is 5.78 Å². The van der Waals surface area contributed by atoms with E-state index < -0.39 is 34.4 Å². The fraction of sp³-hybridized carbons (Fsp3) is 0.0714. The van der Waals surface area contributed by atoms with Crippen molar-refractivity contribution in [1.29, 1.82) is 0 Å². The molecule has 5 heteroatoms. The van der Waals surface area contributed by atoms with Gasteiger partial charge in [0.15, 0.2) is 0 Å². The third-order valence-electron chi connectivity index (χ3n) is 2.60. The molecule has 0 saturated heterocycles. The number of hydrogen-bond acceptors (Lipinski definition) is 2. The van der Waals surface area contributed by atoms with Gasteiger partial charge in [0.2, 0.25) is 5.78 Å². The van der Waals surface area contributed by atoms with Gasteiger partial charge in [-0.25, -0.2) is 13.2 Å². The molecule has 0 fully saturated rings. The molecule has 0 atom stereocenters. The van der Waals surface area contributed by atoms with E-state index in [4.69, 9.17) is 4.74 Å². The lowest BCUT2D eigenvalue weighted by molar-refractivity contribution is 0.102. The average Bonchev–Trinajstić information content (AvgIpc) is 2.40. The number of ether oxygens (including phenoxy) is 1. The SMILES string of the molecule is COc1cccc(F)c1C(=O)c1cc(F)ccc1F. The maximum atomic E-state index is 13.7. The third kappa shape index (κ3) is 2.45. The predicted molar refractivity (Wildman–Crippen MR) is 62.7 cm³/mol. The van der Waals surface area contributed by atoms with E-state index in [1.165, 1.54) is 19.2 Å². The highest BCUT2D eigenvalue weighted by Crippen LogP contribution is 2.25. The number of ketones is 1. The summed E-state index contributed by atoms with van der Waals surface area (Å²) >= 11 is 0. The van der Waals surface area contributed by atoms with Crippen LogP contribution in [0.5, 0.6) is 5.75 Å². The molecule has 0 bridgehead atoms. The minimum atomic E-state index is -0.966. The first-order valence-corrected chi connectivity index (χ1v) is 5.37. The summed E-state index contributed by atoms with van der Waals surface area (Å²) in [6.07, 6.45) is 0. The van der Waals surface area contributed by atoms with Gasteiger partial charge in [0, 0.05) is 0 Å². The van der Waals surface area contributed by atoms with Crippen LogP contribution in [0.15, 0.2) is 36.4 Å². The van der Waals surface area contributed by atoms with E-state index >= 15 is 0 Å². The second-order valence-corrected chi connectivity index (χ2v) is 3.77. The molecule has 0 aromatic heterocycles. The molecule has 0 spiro atoms. The first-order valence-electron chi connectivity index (χ1n) is 5.37. The molecule has 98 valence electrons. The molecular formula is C14H9F3O2. The average molecular weight is 266 g/mol. The summed E-state index contributed by atoms with van der Waals surface area (Å²) in [7, 11) is 1.26. The molecule has 0 radical (unpaired) electrons. The van der Waals surface area contributed by atoms with Crippen molar-refractivity contribution in [3.05, 3.63) is 65.0 Å². The van der Waals surface area contributed by atoms with Crippen molar-refractivity contribution in [3.8, 4) is 5.75 Å². The Bertz CT molecular complexity index is 639. The summed E-state index contributed by atoms with van der Waals surface area (Å²) in [5.41, 5.74) is -0.960. The Hall–Kier alpha value is -2.30. The number of rotatable bonds is 3. The van der Waals surface area contributed by atoms with E-state index in [2.05, 4.69) is 0 Å². The Labute approximate surface area is 107 Å². The van der Waals surface area contributed by atoms with Crippen LogP contribution in [0.25, 0.3) is 0 Å². The first-order chi connectivity index (χ1) is 9.04. The van der Waals surface area contributed by atoms with Crippen molar-refractivity contribution in [2.45, 2.75) is 0 Å². The number of halogens is 3. The maximum absolute atomic E-state index is 13.7. The van der Waals surface area contributed by atoms with Crippen molar-refractivity contribution in [3.63, 3.8) is 0 Å². The predicted octanol–water partition coefficient (Wildman–Crippen LogP) is 3.34. The van der Waals surface area contributed by atoms with Crippen LogP contribution < -0.4 is 4.74 Å². The molecule has 0 N–H and O–H groups in total. The van der Waals surface area contributed by atoms with Crippen LogP contribution in [-0.2, 0) is 0 Å². The molecule has 0 aliphatic carbocycles. The van der Waals surface area contributed by atoms with Crippen molar-refractivity contribution in [1.82, 2.24) is 0 Å². The number of carbonyl (C=O) groups excluding carboxylic acids is 1. The maximum Gasteiger partial charge on any atom is 0.202 e. The van der Waals surface area contributed by atoms with Crippen molar-refractivity contribution < 1.29 is 22.7 Å². The van der Waals surface area contributed by atoms with Gasteiger partial charge in [-0.3, -0.25) is 4.79 Å². The van der Waals surface area contributed by atoms with Gasteiger partial charge < -0.3 is 4.74 Å². The van der Waals surface area contributed by atoms with Gasteiger partial charge in [-0.05, 0) is 30.3 Å². The highest BCUT2D eigenvalue weighted by atomic mass is 19.1. The first kappa shape index (κ1) is 13.1. The van der Waals surface area contributed by atoms with Gasteiger partial charge in [-0.15, -0.1) is 0 Å². The standard InChI is InChI=1S/C14H9F3O2/c1-19-12-4-2-3-11(17)13(12)14(18)9-7-8(15)5-6-10(9)16/h2-7H,1H3. The second kappa shape index (κ2) is 5.14. The molecular weight excluding hydrogens is 257 g/mol. The minimum Gasteiger partial charge on any atom is -0.496 e. The quantitative estimate of drug-likeness (QED) is 0.796. The summed E-state index contributed by atoms with van der Waals surface area (Å²) < 4.78 is 45.1. The molecule has 19 heavy (non-hydrogen) atoms. The topological polar surface area (TPSA) is 26.3 Å². The number of methoxy groups -OCH3 is 1. The van der Waals surface area contributed by atoms with Crippen LogP contribution in [0.2, 0.25) is 0 Å². The van der Waals surface area contributed by atoms with Crippen LogP contribution in [0, 0.1) is 17.5 Å². The molecule has 2 aromatic carbocycles. The Kier molecular flexibility index (Phi) is 3.55. The lowest BCUT2D eigenvalue weighted by Crippen LogP contribution is -2.09. The summed E-state index contributed by atoms with van der Waals surface area (Å²) in [5.74, 6) is -3.55. The Morgan fingerprint density at radius 3 is 2.47 bits per heavy atom. The van der Waals surface area contributed by atoms with Gasteiger partial charge in [-0.2, -0.15) is 0 Å². The molecule has 0 heterocycles. The zero-order chi connectivity index (χ0) is 14.0. The second-order valence-electron chi connectivity index (χ2n) is 3.77. The van der Waals surface area contributed by atoms with Crippen LogP contribution in [0.4, 0.5) is 13.2 Å². The fourth-order valence-electron chi connectivity index (χ4n) is 1.70. The Morgan fingerprint density at radius 2 is 1.79 bits per heavy atom. The summed E-state index contributed by atoms with van der Waals surface area (Å²) in [5, 5.41) is 0. The highest BCUT2D eigenvalue weighted by molar-refractivity contribution is 6.11. The zero-order valence-corrected chi connectivity index (χ0v) is 9.91. The van der Waals surface area contributed by atoms with E-state index in [1.54, 1.807) is 0 Å².